The van der Waals surface area contributed by atoms with Crippen molar-refractivity contribution < 1.29 is 13.7 Å². The van der Waals surface area contributed by atoms with Gasteiger partial charge in [0.25, 0.3) is 5.91 Å². The molecule has 0 spiro atoms. The molecule has 1 amide bonds. The number of carbonyl (C=O) groups excluding carboxylic acids is 1. The maximum Gasteiger partial charge on any atom is 0.274 e. The van der Waals surface area contributed by atoms with Crippen LogP contribution in [-0.2, 0) is 0 Å². The fraction of sp³-hybridized carbons (Fsp3) is 0.0588. The maximum absolute atomic E-state index is 11.9. The second-order valence-corrected chi connectivity index (χ2v) is 4.93. The Hall–Kier alpha value is -2.97. The van der Waals surface area contributed by atoms with E-state index in [2.05, 4.69) is 22.3 Å². The SMILES string of the molecule is O=C(NCC#Cc1ccccc1Cl)c1cc(-c2ccco2)on1. The van der Waals surface area contributed by atoms with Gasteiger partial charge in [-0.25, -0.2) is 0 Å². The summed E-state index contributed by atoms with van der Waals surface area (Å²) in [5.74, 6) is 6.25. The van der Waals surface area contributed by atoms with Gasteiger partial charge < -0.3 is 14.3 Å². The van der Waals surface area contributed by atoms with E-state index >= 15 is 0 Å². The van der Waals surface area contributed by atoms with Crippen molar-refractivity contribution >= 4 is 17.5 Å². The molecule has 0 bridgehead atoms. The first-order valence-electron chi connectivity index (χ1n) is 6.76. The third-order valence-electron chi connectivity index (χ3n) is 2.94. The van der Waals surface area contributed by atoms with Crippen molar-refractivity contribution in [2.75, 3.05) is 6.54 Å². The fourth-order valence-electron chi connectivity index (χ4n) is 1.83. The highest BCUT2D eigenvalue weighted by molar-refractivity contribution is 6.31. The highest BCUT2D eigenvalue weighted by Gasteiger charge is 2.14. The zero-order valence-electron chi connectivity index (χ0n) is 11.9. The average molecular weight is 327 g/mol. The van der Waals surface area contributed by atoms with E-state index in [1.165, 1.54) is 12.3 Å². The first kappa shape index (κ1) is 14.9. The Bertz CT molecular complexity index is 873. The molecule has 1 N–H and O–H groups in total. The van der Waals surface area contributed by atoms with Crippen molar-refractivity contribution in [3.8, 4) is 23.4 Å². The van der Waals surface area contributed by atoms with Gasteiger partial charge in [-0.1, -0.05) is 40.7 Å². The molecule has 0 fully saturated rings. The van der Waals surface area contributed by atoms with Crippen LogP contribution < -0.4 is 5.32 Å². The third kappa shape index (κ3) is 3.62. The summed E-state index contributed by atoms with van der Waals surface area (Å²) in [7, 11) is 0. The topological polar surface area (TPSA) is 68.3 Å². The smallest absolute Gasteiger partial charge is 0.274 e. The van der Waals surface area contributed by atoms with E-state index in [9.17, 15) is 4.79 Å². The lowest BCUT2D eigenvalue weighted by atomic mass is 10.2. The molecule has 2 heterocycles. The van der Waals surface area contributed by atoms with Gasteiger partial charge in [-0.15, -0.1) is 0 Å². The largest absolute Gasteiger partial charge is 0.461 e. The molecule has 0 aliphatic carbocycles. The number of carbonyl (C=O) groups is 1. The van der Waals surface area contributed by atoms with Crippen molar-refractivity contribution in [1.82, 2.24) is 10.5 Å². The standard InChI is InChI=1S/C17H11ClN2O3/c18-13-7-2-1-5-12(13)6-3-9-19-17(21)14-11-16(23-20-14)15-8-4-10-22-15/h1-2,4-5,7-8,10-11H,9H2,(H,19,21). The molecule has 5 nitrogen and oxygen atoms in total. The lowest BCUT2D eigenvalue weighted by Gasteiger charge is -1.96. The van der Waals surface area contributed by atoms with E-state index in [0.29, 0.717) is 22.1 Å². The summed E-state index contributed by atoms with van der Waals surface area (Å²) in [5, 5.41) is 6.92. The second kappa shape index (κ2) is 6.86. The number of hydrogen-bond donors (Lipinski definition) is 1. The normalized spacial score (nSPS) is 9.96. The first-order chi connectivity index (χ1) is 11.2. The highest BCUT2D eigenvalue weighted by Crippen LogP contribution is 2.20. The molecule has 0 radical (unpaired) electrons. The van der Waals surface area contributed by atoms with Gasteiger partial charge >= 0.3 is 0 Å². The molecule has 3 rings (SSSR count). The molecular formula is C17H11ClN2O3. The van der Waals surface area contributed by atoms with Gasteiger partial charge in [0.2, 0.25) is 5.76 Å². The summed E-state index contributed by atoms with van der Waals surface area (Å²) in [6, 6.07) is 12.2. The van der Waals surface area contributed by atoms with Gasteiger partial charge in [-0.3, -0.25) is 4.79 Å². The molecule has 2 aromatic heterocycles. The minimum atomic E-state index is -0.375. The summed E-state index contributed by atoms with van der Waals surface area (Å²) < 4.78 is 10.2. The number of nitrogens with one attached hydrogen (secondary N) is 1. The van der Waals surface area contributed by atoms with E-state index in [1.54, 1.807) is 18.2 Å². The van der Waals surface area contributed by atoms with E-state index in [1.807, 2.05) is 18.2 Å². The van der Waals surface area contributed by atoms with Crippen molar-refractivity contribution in [2.45, 2.75) is 0 Å². The second-order valence-electron chi connectivity index (χ2n) is 4.52. The number of aromatic nitrogens is 1. The van der Waals surface area contributed by atoms with Gasteiger partial charge in [0.1, 0.15) is 0 Å². The fourth-order valence-corrected chi connectivity index (χ4v) is 2.02. The van der Waals surface area contributed by atoms with Crippen LogP contribution in [0.2, 0.25) is 5.02 Å². The maximum atomic E-state index is 11.9. The zero-order valence-corrected chi connectivity index (χ0v) is 12.6. The van der Waals surface area contributed by atoms with Crippen molar-refractivity contribution in [3.05, 3.63) is 65.0 Å². The van der Waals surface area contributed by atoms with Gasteiger partial charge in [0.15, 0.2) is 11.5 Å². The van der Waals surface area contributed by atoms with Crippen LogP contribution in [0.25, 0.3) is 11.5 Å². The van der Waals surface area contributed by atoms with E-state index < -0.39 is 0 Å². The number of amides is 1. The Kier molecular flexibility index (Phi) is 4.46. The molecule has 0 aliphatic rings. The molecule has 0 atom stereocenters. The lowest BCUT2D eigenvalue weighted by molar-refractivity contribution is 0.0949. The minimum absolute atomic E-state index is 0.163. The van der Waals surface area contributed by atoms with Crippen molar-refractivity contribution in [1.29, 1.82) is 0 Å². The number of furan rings is 1. The summed E-state index contributed by atoms with van der Waals surface area (Å²) >= 11 is 5.99. The third-order valence-corrected chi connectivity index (χ3v) is 3.27. The van der Waals surface area contributed by atoms with Crippen molar-refractivity contribution in [2.24, 2.45) is 0 Å². The Morgan fingerprint density at radius 1 is 1.22 bits per heavy atom. The molecule has 0 aliphatic heterocycles. The van der Waals surface area contributed by atoms with Crippen LogP contribution >= 0.6 is 11.6 Å². The quantitative estimate of drug-likeness (QED) is 0.749. The number of hydrogen-bond acceptors (Lipinski definition) is 4. The summed E-state index contributed by atoms with van der Waals surface area (Å²) in [4.78, 5) is 11.9. The summed E-state index contributed by atoms with van der Waals surface area (Å²) in [6.07, 6.45) is 1.52. The van der Waals surface area contributed by atoms with E-state index in [0.717, 1.165) is 0 Å². The number of rotatable bonds is 3. The van der Waals surface area contributed by atoms with Gasteiger partial charge in [-0.05, 0) is 24.3 Å². The number of halogens is 1. The zero-order chi connectivity index (χ0) is 16.1. The first-order valence-corrected chi connectivity index (χ1v) is 7.14. The summed E-state index contributed by atoms with van der Waals surface area (Å²) in [5.41, 5.74) is 0.876. The van der Waals surface area contributed by atoms with E-state index in [-0.39, 0.29) is 18.1 Å². The molecule has 1 aromatic carbocycles. The van der Waals surface area contributed by atoms with Crippen LogP contribution in [-0.4, -0.2) is 17.6 Å². The van der Waals surface area contributed by atoms with Crippen LogP contribution in [0.15, 0.2) is 57.7 Å². The highest BCUT2D eigenvalue weighted by atomic mass is 35.5. The van der Waals surface area contributed by atoms with Crippen LogP contribution in [0.4, 0.5) is 0 Å². The Morgan fingerprint density at radius 2 is 2.09 bits per heavy atom. The Morgan fingerprint density at radius 3 is 2.87 bits per heavy atom. The monoisotopic (exact) mass is 326 g/mol. The molecule has 23 heavy (non-hydrogen) atoms. The van der Waals surface area contributed by atoms with Crippen molar-refractivity contribution in [3.63, 3.8) is 0 Å². The van der Waals surface area contributed by atoms with Gasteiger partial charge in [0.05, 0.1) is 17.8 Å². The lowest BCUT2D eigenvalue weighted by Crippen LogP contribution is -2.23. The van der Waals surface area contributed by atoms with Gasteiger partial charge in [-0.2, -0.15) is 0 Å². The molecule has 0 unspecified atom stereocenters. The van der Waals surface area contributed by atoms with Crippen LogP contribution in [0.3, 0.4) is 0 Å². The van der Waals surface area contributed by atoms with E-state index in [4.69, 9.17) is 20.5 Å². The molecule has 0 saturated carbocycles. The molecule has 6 heteroatoms. The van der Waals surface area contributed by atoms with Crippen LogP contribution in [0, 0.1) is 11.8 Å². The number of benzene rings is 1. The predicted molar refractivity (Wildman–Crippen MR) is 84.9 cm³/mol. The Labute approximate surface area is 137 Å². The predicted octanol–water partition coefficient (Wildman–Crippen LogP) is 3.37. The summed E-state index contributed by atoms with van der Waals surface area (Å²) in [6.45, 7) is 0.174. The minimum Gasteiger partial charge on any atom is -0.461 e. The molecular weight excluding hydrogens is 316 g/mol. The van der Waals surface area contributed by atoms with Crippen LogP contribution in [0.1, 0.15) is 16.1 Å². The molecule has 0 saturated heterocycles. The van der Waals surface area contributed by atoms with Crippen LogP contribution in [0.5, 0.6) is 0 Å². The van der Waals surface area contributed by atoms with Gasteiger partial charge in [0, 0.05) is 11.6 Å². The Balaban J connectivity index is 1.59. The average Bonchev–Trinajstić information content (AvgIpc) is 3.23. The molecule has 114 valence electrons. The number of nitrogens with zero attached hydrogens (tertiary/aromatic N) is 1. The molecule has 3 aromatic rings.